The van der Waals surface area contributed by atoms with E-state index >= 15 is 0 Å². The minimum atomic E-state index is -0.0449. The van der Waals surface area contributed by atoms with Gasteiger partial charge in [0.1, 0.15) is 5.78 Å². The van der Waals surface area contributed by atoms with Crippen molar-refractivity contribution < 1.29 is 4.79 Å². The normalized spacial score (nSPS) is 41.0. The molecule has 22 heavy (non-hydrogen) atoms. The lowest BCUT2D eigenvalue weighted by atomic mass is 9.52. The smallest absolute Gasteiger partial charge is 0.139 e. The molecule has 1 heteroatoms. The Labute approximate surface area is 134 Å². The third-order valence-corrected chi connectivity index (χ3v) is 7.25. The van der Waals surface area contributed by atoms with Crippen LogP contribution in [-0.4, -0.2) is 5.78 Å². The van der Waals surface area contributed by atoms with Gasteiger partial charge in [-0.05, 0) is 69.3 Å². The van der Waals surface area contributed by atoms with E-state index in [-0.39, 0.29) is 5.41 Å². The van der Waals surface area contributed by atoms with Crippen LogP contribution in [0.1, 0.15) is 65.2 Å². The van der Waals surface area contributed by atoms with Gasteiger partial charge < -0.3 is 0 Å². The summed E-state index contributed by atoms with van der Waals surface area (Å²) in [6.45, 7) is 8.98. The van der Waals surface area contributed by atoms with Crippen molar-refractivity contribution in [2.24, 2.45) is 23.2 Å². The molecule has 4 rings (SSSR count). The first-order valence-electron chi connectivity index (χ1n) is 9.17. The van der Waals surface area contributed by atoms with Gasteiger partial charge in [0.2, 0.25) is 0 Å². The molecule has 0 aromatic rings. The predicted molar refractivity (Wildman–Crippen MR) is 90.4 cm³/mol. The second kappa shape index (κ2) is 4.94. The van der Waals surface area contributed by atoms with Gasteiger partial charge in [-0.15, -0.1) is 0 Å². The first-order valence-corrected chi connectivity index (χ1v) is 9.17. The molecule has 0 heterocycles. The molecule has 118 valence electrons. The summed E-state index contributed by atoms with van der Waals surface area (Å²) in [6, 6.07) is 0. The first kappa shape index (κ1) is 14.5. The molecule has 3 unspecified atom stereocenters. The number of ketones is 1. The third kappa shape index (κ3) is 1.80. The van der Waals surface area contributed by atoms with Gasteiger partial charge >= 0.3 is 0 Å². The van der Waals surface area contributed by atoms with Crippen LogP contribution in [0, 0.1) is 23.2 Å². The van der Waals surface area contributed by atoms with E-state index < -0.39 is 0 Å². The van der Waals surface area contributed by atoms with E-state index in [1.807, 2.05) is 0 Å². The van der Waals surface area contributed by atoms with Crippen molar-refractivity contribution in [2.75, 3.05) is 0 Å². The van der Waals surface area contributed by atoms with E-state index in [1.165, 1.54) is 36.8 Å². The van der Waals surface area contributed by atoms with Crippen LogP contribution in [0.2, 0.25) is 0 Å². The first-order chi connectivity index (χ1) is 10.6. The highest BCUT2D eigenvalue weighted by Crippen LogP contribution is 2.62. The number of hydrogen-bond acceptors (Lipinski definition) is 1. The maximum absolute atomic E-state index is 12.6. The van der Waals surface area contributed by atoms with Crippen molar-refractivity contribution in [2.45, 2.75) is 65.2 Å². The molecule has 1 nitrogen and oxygen atoms in total. The average molecular weight is 296 g/mol. The van der Waals surface area contributed by atoms with Gasteiger partial charge in [-0.2, -0.15) is 0 Å². The van der Waals surface area contributed by atoms with E-state index in [4.69, 9.17) is 0 Å². The van der Waals surface area contributed by atoms with Crippen molar-refractivity contribution in [3.8, 4) is 0 Å². The Morgan fingerprint density at radius 1 is 1.23 bits per heavy atom. The van der Waals surface area contributed by atoms with Gasteiger partial charge in [-0.1, -0.05) is 36.3 Å². The van der Waals surface area contributed by atoms with E-state index in [0.29, 0.717) is 23.5 Å². The van der Waals surface area contributed by atoms with Gasteiger partial charge in [0, 0.05) is 17.8 Å². The molecule has 4 aliphatic carbocycles. The van der Waals surface area contributed by atoms with Gasteiger partial charge in [-0.25, -0.2) is 0 Å². The Hall–Kier alpha value is -1.11. The van der Waals surface area contributed by atoms with Gasteiger partial charge in [0.05, 0.1) is 0 Å². The Kier molecular flexibility index (Phi) is 3.25. The van der Waals surface area contributed by atoms with Gasteiger partial charge in [-0.3, -0.25) is 4.79 Å². The summed E-state index contributed by atoms with van der Waals surface area (Å²) in [6.07, 6.45) is 11.3. The SMILES string of the molecule is C=C1C[C@]2(CC)C(=O)CCC2C2CCC3=C(CCC(C)=C3)C12. The second-order valence-corrected chi connectivity index (χ2v) is 8.13. The molecule has 0 aromatic carbocycles. The number of fused-ring (bicyclic) bond motifs is 4. The Bertz CT molecular complexity index is 605. The molecule has 0 saturated heterocycles. The minimum Gasteiger partial charge on any atom is -0.299 e. The number of carbonyl (C=O) groups is 1. The molecule has 0 N–H and O–H groups in total. The molecule has 0 bridgehead atoms. The Balaban J connectivity index is 1.76. The monoisotopic (exact) mass is 296 g/mol. The quantitative estimate of drug-likeness (QED) is 0.593. The molecular weight excluding hydrogens is 268 g/mol. The van der Waals surface area contributed by atoms with E-state index in [0.717, 1.165) is 25.7 Å². The van der Waals surface area contributed by atoms with Crippen LogP contribution in [0.15, 0.2) is 34.9 Å². The minimum absolute atomic E-state index is 0.0449. The number of Topliss-reactive ketones (excluding diaryl/α,β-unsaturated/α-hetero) is 1. The zero-order valence-electron chi connectivity index (χ0n) is 14.1. The largest absolute Gasteiger partial charge is 0.299 e. The lowest BCUT2D eigenvalue weighted by molar-refractivity contribution is -0.129. The zero-order valence-corrected chi connectivity index (χ0v) is 14.1. The van der Waals surface area contributed by atoms with Crippen LogP contribution in [-0.2, 0) is 4.79 Å². The van der Waals surface area contributed by atoms with Crippen molar-refractivity contribution in [3.63, 3.8) is 0 Å². The number of allylic oxidation sites excluding steroid dienone is 5. The molecular formula is C21H28O. The topological polar surface area (TPSA) is 17.1 Å². The Morgan fingerprint density at radius 2 is 2.05 bits per heavy atom. The van der Waals surface area contributed by atoms with Crippen molar-refractivity contribution in [1.29, 1.82) is 0 Å². The maximum atomic E-state index is 12.6. The van der Waals surface area contributed by atoms with Gasteiger partial charge in [0.25, 0.3) is 0 Å². The summed E-state index contributed by atoms with van der Waals surface area (Å²) >= 11 is 0. The summed E-state index contributed by atoms with van der Waals surface area (Å²) in [5, 5.41) is 0. The van der Waals surface area contributed by atoms with Crippen LogP contribution >= 0.6 is 0 Å². The standard InChI is InChI=1S/C21H28O/c1-4-21-12-14(3)20-16-7-5-13(2)11-15(16)6-8-17(20)18(21)9-10-19(21)22/h11,17-18,20H,3-10,12H2,1-2H3/t17?,18?,20?,21-/m0/s1. The molecule has 2 saturated carbocycles. The van der Waals surface area contributed by atoms with Crippen molar-refractivity contribution in [1.82, 2.24) is 0 Å². The van der Waals surface area contributed by atoms with Crippen LogP contribution < -0.4 is 0 Å². The average Bonchev–Trinajstić information content (AvgIpc) is 2.84. The summed E-state index contributed by atoms with van der Waals surface area (Å²) < 4.78 is 0. The van der Waals surface area contributed by atoms with E-state index in [9.17, 15) is 4.79 Å². The van der Waals surface area contributed by atoms with Crippen LogP contribution in [0.3, 0.4) is 0 Å². The number of carbonyl (C=O) groups excluding carboxylic acids is 1. The molecule has 0 spiro atoms. The predicted octanol–water partition coefficient (Wildman–Crippen LogP) is 5.38. The number of hydrogen-bond donors (Lipinski definition) is 0. The zero-order chi connectivity index (χ0) is 15.5. The molecule has 0 amide bonds. The van der Waals surface area contributed by atoms with Gasteiger partial charge in [0.15, 0.2) is 0 Å². The molecule has 0 aliphatic heterocycles. The molecule has 2 fully saturated rings. The molecule has 0 aromatic heterocycles. The highest BCUT2D eigenvalue weighted by atomic mass is 16.1. The molecule has 0 radical (unpaired) electrons. The lowest BCUT2D eigenvalue weighted by Crippen LogP contribution is -2.46. The summed E-state index contributed by atoms with van der Waals surface area (Å²) in [5.41, 5.74) is 6.17. The van der Waals surface area contributed by atoms with Crippen molar-refractivity contribution in [3.05, 3.63) is 34.9 Å². The highest BCUT2D eigenvalue weighted by molar-refractivity contribution is 5.88. The van der Waals surface area contributed by atoms with Crippen LogP contribution in [0.4, 0.5) is 0 Å². The third-order valence-electron chi connectivity index (χ3n) is 7.25. The maximum Gasteiger partial charge on any atom is 0.139 e. The van der Waals surface area contributed by atoms with Crippen LogP contribution in [0.25, 0.3) is 0 Å². The summed E-state index contributed by atoms with van der Waals surface area (Å²) in [7, 11) is 0. The number of rotatable bonds is 1. The van der Waals surface area contributed by atoms with Crippen molar-refractivity contribution >= 4 is 5.78 Å². The fraction of sp³-hybridized carbons (Fsp3) is 0.667. The lowest BCUT2D eigenvalue weighted by Gasteiger charge is -2.51. The van der Waals surface area contributed by atoms with E-state index in [2.05, 4.69) is 26.5 Å². The molecule has 4 aliphatic rings. The summed E-state index contributed by atoms with van der Waals surface area (Å²) in [5.74, 6) is 2.45. The second-order valence-electron chi connectivity index (χ2n) is 8.13. The molecule has 4 atom stereocenters. The van der Waals surface area contributed by atoms with Crippen LogP contribution in [0.5, 0.6) is 0 Å². The fourth-order valence-electron chi connectivity index (χ4n) is 6.24. The highest BCUT2D eigenvalue weighted by Gasteiger charge is 2.57. The summed E-state index contributed by atoms with van der Waals surface area (Å²) in [4.78, 5) is 12.6. The van der Waals surface area contributed by atoms with E-state index in [1.54, 1.807) is 11.1 Å². The fourth-order valence-corrected chi connectivity index (χ4v) is 6.24. The Morgan fingerprint density at radius 3 is 2.82 bits per heavy atom.